The van der Waals surface area contributed by atoms with Crippen LogP contribution in [0, 0.1) is 0 Å². The van der Waals surface area contributed by atoms with Crippen molar-refractivity contribution in [2.45, 2.75) is 103 Å². The minimum absolute atomic E-state index is 0.258. The highest BCUT2D eigenvalue weighted by atomic mass is 32.2. The fourth-order valence-electron chi connectivity index (χ4n) is 3.57. The molecule has 0 aliphatic rings. The summed E-state index contributed by atoms with van der Waals surface area (Å²) in [5.74, 6) is 0.513. The highest BCUT2D eigenvalue weighted by Crippen LogP contribution is 2.17. The third kappa shape index (κ3) is 16.4. The van der Waals surface area contributed by atoms with Crippen LogP contribution in [0.15, 0.2) is 24.3 Å². The Morgan fingerprint density at radius 1 is 0.793 bits per heavy atom. The first-order chi connectivity index (χ1) is 14.0. The molecular weight excluding hydrogens is 384 g/mol. The lowest BCUT2D eigenvalue weighted by atomic mass is 10.0. The molecule has 0 heterocycles. The zero-order chi connectivity index (χ0) is 21.2. The highest BCUT2D eigenvalue weighted by molar-refractivity contribution is 7.85. The lowest BCUT2D eigenvalue weighted by Gasteiger charge is -2.08. The van der Waals surface area contributed by atoms with Crippen LogP contribution >= 0.6 is 0 Å². The van der Waals surface area contributed by atoms with Gasteiger partial charge in [-0.1, -0.05) is 96.1 Å². The van der Waals surface area contributed by atoms with Crippen molar-refractivity contribution in [3.8, 4) is 5.75 Å². The summed E-state index contributed by atoms with van der Waals surface area (Å²) < 4.78 is 35.7. The SMILES string of the molecule is CCCCCCCCCCCCCCCc1cccc(OCCCS(=O)(=O)O)c1. The van der Waals surface area contributed by atoms with Crippen molar-refractivity contribution in [2.24, 2.45) is 0 Å². The largest absolute Gasteiger partial charge is 0.494 e. The Hall–Kier alpha value is -1.07. The Morgan fingerprint density at radius 2 is 1.34 bits per heavy atom. The van der Waals surface area contributed by atoms with E-state index in [9.17, 15) is 8.42 Å². The third-order valence-electron chi connectivity index (χ3n) is 5.28. The van der Waals surface area contributed by atoms with Gasteiger partial charge in [-0.2, -0.15) is 8.42 Å². The summed E-state index contributed by atoms with van der Waals surface area (Å²) in [5, 5.41) is 0. The average molecular weight is 427 g/mol. The molecule has 0 aromatic heterocycles. The van der Waals surface area contributed by atoms with Crippen molar-refractivity contribution in [1.82, 2.24) is 0 Å². The van der Waals surface area contributed by atoms with E-state index in [1.807, 2.05) is 18.2 Å². The Bertz CT molecular complexity index is 613. The summed E-state index contributed by atoms with van der Waals surface area (Å²) in [6.45, 7) is 2.56. The zero-order valence-electron chi connectivity index (χ0n) is 18.4. The number of benzene rings is 1. The minimum Gasteiger partial charge on any atom is -0.494 e. The standard InChI is InChI=1S/C24H42O4S/c1-2-3-4-5-6-7-8-9-10-11-12-13-14-17-23-18-15-19-24(22-23)28-20-16-21-29(25,26)27/h15,18-19,22H,2-14,16-17,20-21H2,1H3,(H,25,26,27). The molecule has 0 spiro atoms. The van der Waals surface area contributed by atoms with E-state index in [-0.39, 0.29) is 5.75 Å². The van der Waals surface area contributed by atoms with Crippen LogP contribution in [-0.4, -0.2) is 25.3 Å². The van der Waals surface area contributed by atoms with Gasteiger partial charge in [0.15, 0.2) is 0 Å². The normalized spacial score (nSPS) is 11.7. The van der Waals surface area contributed by atoms with Crippen LogP contribution < -0.4 is 4.74 Å². The van der Waals surface area contributed by atoms with Gasteiger partial charge in [-0.3, -0.25) is 4.55 Å². The summed E-state index contributed by atoms with van der Waals surface area (Å²) in [6.07, 6.45) is 19.1. The number of aryl methyl sites for hydroxylation is 1. The molecule has 0 amide bonds. The van der Waals surface area contributed by atoms with Gasteiger partial charge in [-0.15, -0.1) is 0 Å². The summed E-state index contributed by atoms with van der Waals surface area (Å²) in [4.78, 5) is 0. The molecule has 0 bridgehead atoms. The predicted molar refractivity (Wildman–Crippen MR) is 122 cm³/mol. The maximum absolute atomic E-state index is 10.7. The van der Waals surface area contributed by atoms with Gasteiger partial charge in [0.25, 0.3) is 10.1 Å². The molecule has 0 aliphatic carbocycles. The van der Waals surface area contributed by atoms with E-state index in [0.717, 1.165) is 12.2 Å². The van der Waals surface area contributed by atoms with E-state index >= 15 is 0 Å². The van der Waals surface area contributed by atoms with Crippen LogP contribution in [0.3, 0.4) is 0 Å². The van der Waals surface area contributed by atoms with Gasteiger partial charge < -0.3 is 4.74 Å². The first-order valence-electron chi connectivity index (χ1n) is 11.7. The second-order valence-corrected chi connectivity index (χ2v) is 9.70. The number of unbranched alkanes of at least 4 members (excludes halogenated alkanes) is 12. The van der Waals surface area contributed by atoms with Crippen molar-refractivity contribution in [3.63, 3.8) is 0 Å². The van der Waals surface area contributed by atoms with Crippen molar-refractivity contribution in [1.29, 1.82) is 0 Å². The lowest BCUT2D eigenvalue weighted by Crippen LogP contribution is -2.08. The molecule has 1 rings (SSSR count). The Balaban J connectivity index is 1.99. The van der Waals surface area contributed by atoms with Gasteiger partial charge in [0.2, 0.25) is 0 Å². The Kier molecular flexibility index (Phi) is 15.0. The molecule has 1 aromatic carbocycles. The number of ether oxygens (including phenoxy) is 1. The fourth-order valence-corrected chi connectivity index (χ4v) is 4.05. The third-order valence-corrected chi connectivity index (χ3v) is 6.09. The lowest BCUT2D eigenvalue weighted by molar-refractivity contribution is 0.315. The molecule has 1 N–H and O–H groups in total. The quantitative estimate of drug-likeness (QED) is 0.191. The second-order valence-electron chi connectivity index (χ2n) is 8.13. The molecule has 29 heavy (non-hydrogen) atoms. The molecular formula is C24H42O4S. The van der Waals surface area contributed by atoms with Crippen LogP contribution in [0.2, 0.25) is 0 Å². The van der Waals surface area contributed by atoms with Gasteiger partial charge in [0.05, 0.1) is 12.4 Å². The molecule has 0 saturated heterocycles. The van der Waals surface area contributed by atoms with Crippen LogP contribution in [0.4, 0.5) is 0 Å². The van der Waals surface area contributed by atoms with Crippen molar-refractivity contribution in [3.05, 3.63) is 29.8 Å². The zero-order valence-corrected chi connectivity index (χ0v) is 19.2. The molecule has 0 saturated carbocycles. The second kappa shape index (κ2) is 16.7. The predicted octanol–water partition coefficient (Wildman–Crippen LogP) is 6.98. The molecule has 0 unspecified atom stereocenters. The van der Waals surface area contributed by atoms with E-state index in [1.165, 1.54) is 89.0 Å². The summed E-state index contributed by atoms with van der Waals surface area (Å²) in [5.41, 5.74) is 1.26. The van der Waals surface area contributed by atoms with Gasteiger partial charge in [-0.05, 0) is 37.0 Å². The average Bonchev–Trinajstić information content (AvgIpc) is 2.68. The van der Waals surface area contributed by atoms with Crippen LogP contribution in [0.25, 0.3) is 0 Å². The summed E-state index contributed by atoms with van der Waals surface area (Å²) in [6, 6.07) is 8.02. The van der Waals surface area contributed by atoms with Crippen LogP contribution in [0.5, 0.6) is 5.75 Å². The van der Waals surface area contributed by atoms with Gasteiger partial charge in [0.1, 0.15) is 5.75 Å². The van der Waals surface area contributed by atoms with Crippen molar-refractivity contribution < 1.29 is 17.7 Å². The first-order valence-corrected chi connectivity index (χ1v) is 13.3. The number of rotatable bonds is 19. The first kappa shape index (κ1) is 26.0. The van der Waals surface area contributed by atoms with E-state index in [2.05, 4.69) is 13.0 Å². The maximum Gasteiger partial charge on any atom is 0.264 e. The van der Waals surface area contributed by atoms with E-state index in [0.29, 0.717) is 13.0 Å². The van der Waals surface area contributed by atoms with Crippen molar-refractivity contribution in [2.75, 3.05) is 12.4 Å². The molecule has 168 valence electrons. The van der Waals surface area contributed by atoms with Gasteiger partial charge in [0, 0.05) is 0 Å². The number of hydrogen-bond acceptors (Lipinski definition) is 3. The molecule has 0 radical (unpaired) electrons. The van der Waals surface area contributed by atoms with E-state index in [4.69, 9.17) is 9.29 Å². The highest BCUT2D eigenvalue weighted by Gasteiger charge is 2.04. The van der Waals surface area contributed by atoms with Gasteiger partial charge in [-0.25, -0.2) is 0 Å². The Labute approximate surface area is 179 Å². The van der Waals surface area contributed by atoms with Crippen molar-refractivity contribution >= 4 is 10.1 Å². The summed E-state index contributed by atoms with van der Waals surface area (Å²) >= 11 is 0. The molecule has 5 heteroatoms. The molecule has 4 nitrogen and oxygen atoms in total. The summed E-state index contributed by atoms with van der Waals surface area (Å²) in [7, 11) is -3.90. The monoisotopic (exact) mass is 426 g/mol. The molecule has 0 aliphatic heterocycles. The van der Waals surface area contributed by atoms with Crippen LogP contribution in [0.1, 0.15) is 102 Å². The van der Waals surface area contributed by atoms with E-state index < -0.39 is 10.1 Å². The van der Waals surface area contributed by atoms with Crippen LogP contribution in [-0.2, 0) is 16.5 Å². The topological polar surface area (TPSA) is 63.6 Å². The Morgan fingerprint density at radius 3 is 1.90 bits per heavy atom. The number of hydrogen-bond donors (Lipinski definition) is 1. The fraction of sp³-hybridized carbons (Fsp3) is 0.750. The van der Waals surface area contributed by atoms with E-state index in [1.54, 1.807) is 0 Å². The molecule has 0 atom stereocenters. The smallest absolute Gasteiger partial charge is 0.264 e. The molecule has 1 aromatic rings. The maximum atomic E-state index is 10.7. The van der Waals surface area contributed by atoms with Gasteiger partial charge >= 0.3 is 0 Å². The molecule has 0 fully saturated rings. The minimum atomic E-state index is -3.90.